The fourth-order valence-corrected chi connectivity index (χ4v) is 2.79. The molecule has 0 spiro atoms. The second-order valence-electron chi connectivity index (χ2n) is 4.35. The van der Waals surface area contributed by atoms with E-state index in [1.165, 1.54) is 17.8 Å². The summed E-state index contributed by atoms with van der Waals surface area (Å²) in [7, 11) is 0. The summed E-state index contributed by atoms with van der Waals surface area (Å²) in [6, 6.07) is 1.84. The fourth-order valence-electron chi connectivity index (χ4n) is 2.26. The molecule has 1 N–H and O–H groups in total. The molecule has 0 aromatic carbocycles. The van der Waals surface area contributed by atoms with E-state index in [1.54, 1.807) is 10.9 Å². The molecule has 0 bridgehead atoms. The summed E-state index contributed by atoms with van der Waals surface area (Å²) in [5.74, 6) is 0.0692. The van der Waals surface area contributed by atoms with Crippen LogP contribution in [0.25, 0.3) is 0 Å². The average Bonchev–Trinajstić information content (AvgIpc) is 2.90. The smallest absolute Gasteiger partial charge is 0.271 e. The molecule has 1 saturated carbocycles. The third-order valence-corrected chi connectivity index (χ3v) is 3.80. The molecule has 2 rings (SSSR count). The molecular weight excluding hydrogens is 234 g/mol. The molecule has 1 atom stereocenters. The van der Waals surface area contributed by atoms with Gasteiger partial charge >= 0.3 is 0 Å². The topological polar surface area (TPSA) is 65.8 Å². The molecule has 1 amide bonds. The molecule has 1 heterocycles. The Bertz CT molecular complexity index is 404. The van der Waals surface area contributed by atoms with E-state index >= 15 is 0 Å². The maximum Gasteiger partial charge on any atom is 0.271 e. The Balaban J connectivity index is 1.95. The molecule has 4 nitrogen and oxygen atoms in total. The van der Waals surface area contributed by atoms with Crippen LogP contribution < -0.4 is 5.32 Å². The van der Waals surface area contributed by atoms with Gasteiger partial charge in [-0.25, -0.2) is 4.98 Å². The maximum atomic E-state index is 11.8. The first-order valence-electron chi connectivity index (χ1n) is 5.90. The van der Waals surface area contributed by atoms with Crippen LogP contribution in [0.5, 0.6) is 0 Å². The SMILES string of the molecule is N#CC(NC(=O)c1cscn1)C1CCCCC1. The van der Waals surface area contributed by atoms with Gasteiger partial charge in [-0.1, -0.05) is 19.3 Å². The van der Waals surface area contributed by atoms with Crippen molar-refractivity contribution in [1.82, 2.24) is 10.3 Å². The number of rotatable bonds is 3. The van der Waals surface area contributed by atoms with Crippen molar-refractivity contribution in [3.63, 3.8) is 0 Å². The predicted octanol–water partition coefficient (Wildman–Crippen LogP) is 2.35. The van der Waals surface area contributed by atoms with Gasteiger partial charge in [0.15, 0.2) is 0 Å². The summed E-state index contributed by atoms with van der Waals surface area (Å²) in [5.41, 5.74) is 2.03. The molecule has 0 aliphatic heterocycles. The van der Waals surface area contributed by atoms with Gasteiger partial charge in [-0.3, -0.25) is 4.79 Å². The molecule has 1 aliphatic rings. The van der Waals surface area contributed by atoms with Gasteiger partial charge < -0.3 is 5.32 Å². The van der Waals surface area contributed by atoms with Gasteiger partial charge in [0.1, 0.15) is 11.7 Å². The highest BCUT2D eigenvalue weighted by molar-refractivity contribution is 7.07. The number of thiazole rings is 1. The van der Waals surface area contributed by atoms with Crippen LogP contribution in [-0.4, -0.2) is 16.9 Å². The molecule has 17 heavy (non-hydrogen) atoms. The first kappa shape index (κ1) is 12.1. The lowest BCUT2D eigenvalue weighted by atomic mass is 9.84. The molecule has 1 fully saturated rings. The van der Waals surface area contributed by atoms with Crippen LogP contribution >= 0.6 is 11.3 Å². The second-order valence-corrected chi connectivity index (χ2v) is 5.07. The van der Waals surface area contributed by atoms with E-state index < -0.39 is 0 Å². The van der Waals surface area contributed by atoms with E-state index in [0.717, 1.165) is 25.7 Å². The number of hydrogen-bond acceptors (Lipinski definition) is 4. The van der Waals surface area contributed by atoms with E-state index in [4.69, 9.17) is 5.26 Å². The minimum Gasteiger partial charge on any atom is -0.335 e. The minimum absolute atomic E-state index is 0.233. The van der Waals surface area contributed by atoms with E-state index in [9.17, 15) is 4.79 Å². The number of nitriles is 1. The molecule has 1 aliphatic carbocycles. The summed E-state index contributed by atoms with van der Waals surface area (Å²) in [6.45, 7) is 0. The first-order valence-corrected chi connectivity index (χ1v) is 6.84. The van der Waals surface area contributed by atoms with Crippen molar-refractivity contribution in [3.8, 4) is 6.07 Å². The zero-order valence-electron chi connectivity index (χ0n) is 9.56. The van der Waals surface area contributed by atoms with Crippen molar-refractivity contribution in [2.24, 2.45) is 5.92 Å². The molecule has 1 unspecified atom stereocenters. The van der Waals surface area contributed by atoms with Crippen LogP contribution in [0.1, 0.15) is 42.6 Å². The Labute approximate surface area is 105 Å². The zero-order valence-corrected chi connectivity index (χ0v) is 10.4. The monoisotopic (exact) mass is 249 g/mol. The Morgan fingerprint density at radius 2 is 2.29 bits per heavy atom. The lowest BCUT2D eigenvalue weighted by Crippen LogP contribution is -2.40. The number of carbonyl (C=O) groups is 1. The van der Waals surface area contributed by atoms with Gasteiger partial charge in [-0.2, -0.15) is 5.26 Å². The van der Waals surface area contributed by atoms with Crippen LogP contribution in [0.3, 0.4) is 0 Å². The van der Waals surface area contributed by atoms with Gasteiger partial charge in [-0.05, 0) is 18.8 Å². The zero-order chi connectivity index (χ0) is 12.1. The number of nitrogens with one attached hydrogen (secondary N) is 1. The third kappa shape index (κ3) is 3.04. The first-order chi connectivity index (χ1) is 8.31. The number of hydrogen-bond donors (Lipinski definition) is 1. The minimum atomic E-state index is -0.371. The summed E-state index contributed by atoms with van der Waals surface area (Å²) >= 11 is 1.38. The molecule has 1 aromatic heterocycles. The standard InChI is InChI=1S/C12H15N3OS/c13-6-10(9-4-2-1-3-5-9)15-12(16)11-7-17-8-14-11/h7-10H,1-5H2,(H,15,16). The molecule has 1 aromatic rings. The number of aromatic nitrogens is 1. The highest BCUT2D eigenvalue weighted by Crippen LogP contribution is 2.26. The van der Waals surface area contributed by atoms with Crippen LogP contribution in [0.15, 0.2) is 10.9 Å². The van der Waals surface area contributed by atoms with Crippen molar-refractivity contribution in [2.45, 2.75) is 38.1 Å². The van der Waals surface area contributed by atoms with Crippen molar-refractivity contribution in [1.29, 1.82) is 5.26 Å². The third-order valence-electron chi connectivity index (χ3n) is 3.21. The highest BCUT2D eigenvalue weighted by Gasteiger charge is 2.25. The molecular formula is C12H15N3OS. The fraction of sp³-hybridized carbons (Fsp3) is 0.583. The Morgan fingerprint density at radius 1 is 1.53 bits per heavy atom. The Kier molecular flexibility index (Phi) is 4.10. The van der Waals surface area contributed by atoms with E-state index in [-0.39, 0.29) is 11.9 Å². The van der Waals surface area contributed by atoms with E-state index in [2.05, 4.69) is 16.4 Å². The highest BCUT2D eigenvalue weighted by atomic mass is 32.1. The van der Waals surface area contributed by atoms with E-state index in [0.29, 0.717) is 11.6 Å². The number of carbonyl (C=O) groups excluding carboxylic acids is 1. The predicted molar refractivity (Wildman–Crippen MR) is 65.6 cm³/mol. The normalized spacial score (nSPS) is 18.3. The average molecular weight is 249 g/mol. The molecule has 0 saturated heterocycles. The van der Waals surface area contributed by atoms with Gasteiger partial charge in [-0.15, -0.1) is 11.3 Å². The summed E-state index contributed by atoms with van der Waals surface area (Å²) in [6.07, 6.45) is 5.64. The summed E-state index contributed by atoms with van der Waals surface area (Å²) < 4.78 is 0. The van der Waals surface area contributed by atoms with Gasteiger partial charge in [0.05, 0.1) is 11.6 Å². The lowest BCUT2D eigenvalue weighted by Gasteiger charge is -2.26. The van der Waals surface area contributed by atoms with Gasteiger partial charge in [0, 0.05) is 5.38 Å². The van der Waals surface area contributed by atoms with Crippen LogP contribution in [0.4, 0.5) is 0 Å². The lowest BCUT2D eigenvalue weighted by molar-refractivity contribution is 0.0924. The van der Waals surface area contributed by atoms with Crippen molar-refractivity contribution < 1.29 is 4.79 Å². The molecule has 0 radical (unpaired) electrons. The van der Waals surface area contributed by atoms with E-state index in [1.807, 2.05) is 0 Å². The molecule has 90 valence electrons. The largest absolute Gasteiger partial charge is 0.335 e. The number of amides is 1. The van der Waals surface area contributed by atoms with Crippen molar-refractivity contribution >= 4 is 17.2 Å². The van der Waals surface area contributed by atoms with Gasteiger partial charge in [0.2, 0.25) is 0 Å². The Morgan fingerprint density at radius 3 is 2.88 bits per heavy atom. The summed E-state index contributed by atoms with van der Waals surface area (Å²) in [4.78, 5) is 15.7. The maximum absolute atomic E-state index is 11.8. The molecule has 5 heteroatoms. The van der Waals surface area contributed by atoms with Crippen LogP contribution in [0, 0.1) is 17.2 Å². The Hall–Kier alpha value is -1.41. The number of nitrogens with zero attached hydrogens (tertiary/aromatic N) is 2. The summed E-state index contributed by atoms with van der Waals surface area (Å²) in [5, 5.41) is 13.6. The van der Waals surface area contributed by atoms with Crippen LogP contribution in [-0.2, 0) is 0 Å². The van der Waals surface area contributed by atoms with Crippen molar-refractivity contribution in [2.75, 3.05) is 0 Å². The van der Waals surface area contributed by atoms with Crippen molar-refractivity contribution in [3.05, 3.63) is 16.6 Å². The van der Waals surface area contributed by atoms with Gasteiger partial charge in [0.25, 0.3) is 5.91 Å². The quantitative estimate of drug-likeness (QED) is 0.894. The second kappa shape index (κ2) is 5.78. The van der Waals surface area contributed by atoms with Crippen LogP contribution in [0.2, 0.25) is 0 Å².